The van der Waals surface area contributed by atoms with Crippen LogP contribution in [-0.4, -0.2) is 8.42 Å². The van der Waals surface area contributed by atoms with Crippen LogP contribution in [-0.2, 0) is 16.3 Å². The highest BCUT2D eigenvalue weighted by Crippen LogP contribution is 2.44. The predicted octanol–water partition coefficient (Wildman–Crippen LogP) is 4.19. The van der Waals surface area contributed by atoms with Crippen molar-refractivity contribution in [2.45, 2.75) is 42.9 Å². The molecule has 2 nitrogen and oxygen atoms in total. The van der Waals surface area contributed by atoms with Gasteiger partial charge in [-0.05, 0) is 47.7 Å². The Labute approximate surface area is 120 Å². The van der Waals surface area contributed by atoms with E-state index in [2.05, 4.69) is 20.8 Å². The predicted molar refractivity (Wildman–Crippen MR) is 80.8 cm³/mol. The third-order valence-corrected chi connectivity index (χ3v) is 5.86. The lowest BCUT2D eigenvalue weighted by Crippen LogP contribution is -1.97. The third-order valence-electron chi connectivity index (χ3n) is 3.99. The first kappa shape index (κ1) is 13.4. The zero-order valence-corrected chi connectivity index (χ0v) is 12.8. The molecule has 0 saturated carbocycles. The highest BCUT2D eigenvalue weighted by Gasteiger charge is 2.33. The summed E-state index contributed by atoms with van der Waals surface area (Å²) < 4.78 is 25.1. The summed E-state index contributed by atoms with van der Waals surface area (Å²) in [6.07, 6.45) is 0.909. The fourth-order valence-corrected chi connectivity index (χ4v) is 4.36. The SMILES string of the molecule is CCc1ccc2c(c1)-c1cc(C(C)C)ccc1S2(=O)=O. The average Bonchev–Trinajstić information content (AvgIpc) is 2.66. The molecule has 1 aliphatic rings. The van der Waals surface area contributed by atoms with E-state index in [0.717, 1.165) is 17.5 Å². The average molecular weight is 286 g/mol. The molecule has 0 N–H and O–H groups in total. The van der Waals surface area contributed by atoms with Crippen LogP contribution in [0.3, 0.4) is 0 Å². The summed E-state index contributed by atoms with van der Waals surface area (Å²) in [7, 11) is -3.33. The number of rotatable bonds is 2. The van der Waals surface area contributed by atoms with E-state index in [-0.39, 0.29) is 0 Å². The van der Waals surface area contributed by atoms with Gasteiger partial charge in [-0.15, -0.1) is 0 Å². The standard InChI is InChI=1S/C17H18O2S/c1-4-12-5-7-16-14(9-12)15-10-13(11(2)3)6-8-17(15)20(16,18)19/h5-11H,4H2,1-3H3. The molecule has 0 aliphatic carbocycles. The van der Waals surface area contributed by atoms with Crippen molar-refractivity contribution in [3.63, 3.8) is 0 Å². The summed E-state index contributed by atoms with van der Waals surface area (Å²) >= 11 is 0. The molecule has 104 valence electrons. The fourth-order valence-electron chi connectivity index (χ4n) is 2.71. The second kappa shape index (κ2) is 4.45. The van der Waals surface area contributed by atoms with Crippen LogP contribution in [0.1, 0.15) is 37.8 Å². The van der Waals surface area contributed by atoms with Crippen LogP contribution in [0.4, 0.5) is 0 Å². The summed E-state index contributed by atoms with van der Waals surface area (Å²) in [5.74, 6) is 0.390. The molecule has 0 amide bonds. The molecule has 0 radical (unpaired) electrons. The van der Waals surface area contributed by atoms with Crippen LogP contribution in [0, 0.1) is 0 Å². The van der Waals surface area contributed by atoms with Crippen molar-refractivity contribution in [1.29, 1.82) is 0 Å². The molecular formula is C17H18O2S. The molecule has 1 heterocycles. The van der Waals surface area contributed by atoms with E-state index in [0.29, 0.717) is 15.7 Å². The Morgan fingerprint density at radius 3 is 2.15 bits per heavy atom. The van der Waals surface area contributed by atoms with E-state index >= 15 is 0 Å². The topological polar surface area (TPSA) is 34.1 Å². The van der Waals surface area contributed by atoms with E-state index in [9.17, 15) is 8.42 Å². The maximum absolute atomic E-state index is 12.6. The number of aryl methyl sites for hydroxylation is 1. The minimum absolute atomic E-state index is 0.390. The second-order valence-electron chi connectivity index (χ2n) is 5.60. The van der Waals surface area contributed by atoms with E-state index in [1.165, 1.54) is 11.1 Å². The first-order chi connectivity index (χ1) is 9.45. The molecule has 0 bridgehead atoms. The van der Waals surface area contributed by atoms with E-state index < -0.39 is 9.84 Å². The maximum atomic E-state index is 12.6. The normalized spacial score (nSPS) is 15.2. The molecule has 0 unspecified atom stereocenters. The molecule has 1 aliphatic heterocycles. The minimum atomic E-state index is -3.33. The number of sulfone groups is 1. The number of fused-ring (bicyclic) bond motifs is 3. The van der Waals surface area contributed by atoms with Gasteiger partial charge in [-0.3, -0.25) is 0 Å². The van der Waals surface area contributed by atoms with Gasteiger partial charge in [0.2, 0.25) is 9.84 Å². The van der Waals surface area contributed by atoms with Crippen molar-refractivity contribution in [1.82, 2.24) is 0 Å². The molecular weight excluding hydrogens is 268 g/mol. The van der Waals surface area contributed by atoms with Crippen molar-refractivity contribution in [2.24, 2.45) is 0 Å². The smallest absolute Gasteiger partial charge is 0.207 e. The van der Waals surface area contributed by atoms with Crippen LogP contribution in [0.15, 0.2) is 46.2 Å². The van der Waals surface area contributed by atoms with Crippen molar-refractivity contribution in [3.05, 3.63) is 47.5 Å². The molecule has 0 fully saturated rings. The first-order valence-corrected chi connectivity index (χ1v) is 8.45. The van der Waals surface area contributed by atoms with Crippen molar-refractivity contribution < 1.29 is 8.42 Å². The lowest BCUT2D eigenvalue weighted by Gasteiger charge is -2.08. The van der Waals surface area contributed by atoms with Gasteiger partial charge in [-0.25, -0.2) is 8.42 Å². The highest BCUT2D eigenvalue weighted by molar-refractivity contribution is 7.92. The van der Waals surface area contributed by atoms with E-state index in [1.807, 2.05) is 24.3 Å². The number of hydrogen-bond donors (Lipinski definition) is 0. The Morgan fingerprint density at radius 2 is 1.55 bits per heavy atom. The molecule has 20 heavy (non-hydrogen) atoms. The Morgan fingerprint density at radius 1 is 0.950 bits per heavy atom. The van der Waals surface area contributed by atoms with Crippen molar-refractivity contribution in [3.8, 4) is 11.1 Å². The molecule has 0 atom stereocenters. The molecule has 0 saturated heterocycles. The van der Waals surface area contributed by atoms with Gasteiger partial charge in [0.15, 0.2) is 0 Å². The highest BCUT2D eigenvalue weighted by atomic mass is 32.2. The largest absolute Gasteiger partial charge is 0.218 e. The summed E-state index contributed by atoms with van der Waals surface area (Å²) in [5.41, 5.74) is 4.07. The molecule has 0 aromatic heterocycles. The zero-order chi connectivity index (χ0) is 14.5. The molecule has 0 spiro atoms. The van der Waals surface area contributed by atoms with Gasteiger partial charge in [-0.1, -0.05) is 32.9 Å². The van der Waals surface area contributed by atoms with Gasteiger partial charge >= 0.3 is 0 Å². The lowest BCUT2D eigenvalue weighted by atomic mass is 9.96. The van der Waals surface area contributed by atoms with Gasteiger partial charge in [0.05, 0.1) is 9.79 Å². The summed E-state index contributed by atoms with van der Waals surface area (Å²) in [6.45, 7) is 6.32. The molecule has 2 aromatic carbocycles. The van der Waals surface area contributed by atoms with E-state index in [4.69, 9.17) is 0 Å². The van der Waals surface area contributed by atoms with Gasteiger partial charge in [0.25, 0.3) is 0 Å². The van der Waals surface area contributed by atoms with Gasteiger partial charge in [0, 0.05) is 11.1 Å². The van der Waals surface area contributed by atoms with Crippen molar-refractivity contribution in [2.75, 3.05) is 0 Å². The third kappa shape index (κ3) is 1.80. The van der Waals surface area contributed by atoms with E-state index in [1.54, 1.807) is 12.1 Å². The van der Waals surface area contributed by atoms with Crippen molar-refractivity contribution >= 4 is 9.84 Å². The maximum Gasteiger partial charge on any atom is 0.207 e. The van der Waals surface area contributed by atoms with Gasteiger partial charge in [-0.2, -0.15) is 0 Å². The second-order valence-corrected chi connectivity index (χ2v) is 7.48. The monoisotopic (exact) mass is 286 g/mol. The summed E-state index contributed by atoms with van der Waals surface area (Å²) in [4.78, 5) is 0.899. The summed E-state index contributed by atoms with van der Waals surface area (Å²) in [6, 6.07) is 11.4. The van der Waals surface area contributed by atoms with Crippen LogP contribution >= 0.6 is 0 Å². The molecule has 3 heteroatoms. The van der Waals surface area contributed by atoms with Crippen LogP contribution in [0.25, 0.3) is 11.1 Å². The Kier molecular flexibility index (Phi) is 2.98. The Bertz CT molecular complexity index is 787. The number of hydrogen-bond acceptors (Lipinski definition) is 2. The lowest BCUT2D eigenvalue weighted by molar-refractivity contribution is 0.598. The van der Waals surface area contributed by atoms with Crippen LogP contribution in [0.2, 0.25) is 0 Å². The van der Waals surface area contributed by atoms with Gasteiger partial charge in [0.1, 0.15) is 0 Å². The number of benzene rings is 2. The van der Waals surface area contributed by atoms with Crippen LogP contribution in [0.5, 0.6) is 0 Å². The Balaban J connectivity index is 2.33. The zero-order valence-electron chi connectivity index (χ0n) is 12.0. The molecule has 3 rings (SSSR count). The minimum Gasteiger partial charge on any atom is -0.218 e. The van der Waals surface area contributed by atoms with Crippen LogP contribution < -0.4 is 0 Å². The van der Waals surface area contributed by atoms with Gasteiger partial charge < -0.3 is 0 Å². The Hall–Kier alpha value is -1.61. The quantitative estimate of drug-likeness (QED) is 0.708. The summed E-state index contributed by atoms with van der Waals surface area (Å²) in [5, 5.41) is 0. The fraction of sp³-hybridized carbons (Fsp3) is 0.294. The molecule has 2 aromatic rings. The first-order valence-electron chi connectivity index (χ1n) is 6.97.